The van der Waals surface area contributed by atoms with Crippen molar-refractivity contribution in [2.24, 2.45) is 0 Å². The Kier molecular flexibility index (Phi) is 6.44. The number of rotatable bonds is 7. The fourth-order valence-corrected chi connectivity index (χ4v) is 2.28. The molecule has 0 saturated carbocycles. The van der Waals surface area contributed by atoms with Gasteiger partial charge in [-0.25, -0.2) is 0 Å². The minimum Gasteiger partial charge on any atom is -0.304 e. The van der Waals surface area contributed by atoms with Crippen LogP contribution in [0, 0.1) is 0 Å². The van der Waals surface area contributed by atoms with Crippen LogP contribution in [0.5, 0.6) is 0 Å². The number of pyridine rings is 1. The van der Waals surface area contributed by atoms with Crippen LogP contribution in [0.2, 0.25) is 0 Å². The van der Waals surface area contributed by atoms with E-state index in [0.717, 1.165) is 13.1 Å². The van der Waals surface area contributed by atoms with Crippen molar-refractivity contribution in [3.05, 3.63) is 24.5 Å². The Labute approximate surface area is 97.1 Å². The number of aromatic nitrogens is 1. The first kappa shape index (κ1) is 12.5. The second kappa shape index (κ2) is 7.71. The van der Waals surface area contributed by atoms with E-state index in [9.17, 15) is 0 Å². The molecule has 2 nitrogen and oxygen atoms in total. The van der Waals surface area contributed by atoms with Gasteiger partial charge in [-0.2, -0.15) is 0 Å². The first-order valence-electron chi connectivity index (χ1n) is 5.62. The maximum Gasteiger partial charge on any atom is 0.0278 e. The third-order valence-corrected chi connectivity index (χ3v) is 3.53. The molecule has 0 aromatic carbocycles. The summed E-state index contributed by atoms with van der Waals surface area (Å²) >= 11 is 1.92. The molecule has 0 fully saturated rings. The lowest BCUT2D eigenvalue weighted by atomic mass is 10.4. The zero-order valence-electron chi connectivity index (χ0n) is 9.65. The van der Waals surface area contributed by atoms with Crippen LogP contribution in [0.3, 0.4) is 0 Å². The van der Waals surface area contributed by atoms with Crippen molar-refractivity contribution in [3.8, 4) is 0 Å². The molecule has 0 amide bonds. The summed E-state index contributed by atoms with van der Waals surface area (Å²) in [6.45, 7) is 7.98. The fourth-order valence-electron chi connectivity index (χ4n) is 1.45. The van der Waals surface area contributed by atoms with Crippen molar-refractivity contribution < 1.29 is 0 Å². The van der Waals surface area contributed by atoms with Crippen molar-refractivity contribution in [3.63, 3.8) is 0 Å². The molecule has 0 aliphatic heterocycles. The van der Waals surface area contributed by atoms with Gasteiger partial charge in [-0.05, 0) is 43.9 Å². The Balaban J connectivity index is 2.12. The zero-order valence-corrected chi connectivity index (χ0v) is 10.5. The molecule has 0 unspecified atom stereocenters. The van der Waals surface area contributed by atoms with Crippen molar-refractivity contribution in [1.82, 2.24) is 9.88 Å². The third-order valence-electron chi connectivity index (χ3n) is 2.43. The van der Waals surface area contributed by atoms with Crippen LogP contribution in [0.25, 0.3) is 0 Å². The van der Waals surface area contributed by atoms with Gasteiger partial charge < -0.3 is 4.90 Å². The molecule has 0 bridgehead atoms. The zero-order chi connectivity index (χ0) is 10.9. The average molecular weight is 224 g/mol. The van der Waals surface area contributed by atoms with E-state index < -0.39 is 0 Å². The van der Waals surface area contributed by atoms with Crippen LogP contribution in [-0.2, 0) is 0 Å². The summed E-state index contributed by atoms with van der Waals surface area (Å²) < 4.78 is 0. The first-order valence-corrected chi connectivity index (χ1v) is 6.60. The highest BCUT2D eigenvalue weighted by atomic mass is 32.2. The molecule has 0 spiro atoms. The lowest BCUT2D eigenvalue weighted by molar-refractivity contribution is 0.305. The highest BCUT2D eigenvalue weighted by Crippen LogP contribution is 2.16. The molecule has 1 aromatic rings. The summed E-state index contributed by atoms with van der Waals surface area (Å²) in [5, 5.41) is 0. The van der Waals surface area contributed by atoms with Gasteiger partial charge in [-0.1, -0.05) is 13.8 Å². The number of hydrogen-bond acceptors (Lipinski definition) is 3. The molecule has 1 aromatic heterocycles. The first-order chi connectivity index (χ1) is 7.36. The van der Waals surface area contributed by atoms with E-state index in [0.29, 0.717) is 0 Å². The van der Waals surface area contributed by atoms with Crippen LogP contribution in [0.1, 0.15) is 20.3 Å². The Morgan fingerprint density at radius 2 is 1.87 bits per heavy atom. The van der Waals surface area contributed by atoms with E-state index in [1.807, 2.05) is 24.2 Å². The number of thioether (sulfide) groups is 1. The van der Waals surface area contributed by atoms with Gasteiger partial charge in [0.15, 0.2) is 0 Å². The molecule has 1 heterocycles. The van der Waals surface area contributed by atoms with Crippen molar-refractivity contribution >= 4 is 11.8 Å². The van der Waals surface area contributed by atoms with Gasteiger partial charge in [-0.3, -0.25) is 4.98 Å². The molecule has 84 valence electrons. The molecule has 0 aliphatic rings. The van der Waals surface area contributed by atoms with Crippen molar-refractivity contribution in [2.45, 2.75) is 25.2 Å². The summed E-state index contributed by atoms with van der Waals surface area (Å²) in [7, 11) is 0. The standard InChI is InChI=1S/C12H20N2S/c1-3-14(4-2)10-5-11-15-12-6-8-13-9-7-12/h6-9H,3-5,10-11H2,1-2H3. The monoisotopic (exact) mass is 224 g/mol. The fraction of sp³-hybridized carbons (Fsp3) is 0.583. The van der Waals surface area contributed by atoms with Gasteiger partial charge >= 0.3 is 0 Å². The van der Waals surface area contributed by atoms with Crippen LogP contribution in [0.15, 0.2) is 29.4 Å². The second-order valence-electron chi connectivity index (χ2n) is 3.41. The normalized spacial score (nSPS) is 10.9. The van der Waals surface area contributed by atoms with Crippen molar-refractivity contribution in [1.29, 1.82) is 0 Å². The molecule has 15 heavy (non-hydrogen) atoms. The molecule has 0 atom stereocenters. The molecule has 1 rings (SSSR count). The smallest absolute Gasteiger partial charge is 0.0278 e. The predicted octanol–water partition coefficient (Wildman–Crippen LogP) is 2.91. The summed E-state index contributed by atoms with van der Waals surface area (Å²) in [6.07, 6.45) is 4.97. The highest BCUT2D eigenvalue weighted by molar-refractivity contribution is 7.99. The van der Waals surface area contributed by atoms with Crippen LogP contribution >= 0.6 is 11.8 Å². The largest absolute Gasteiger partial charge is 0.304 e. The van der Waals surface area contributed by atoms with Crippen molar-refractivity contribution in [2.75, 3.05) is 25.4 Å². The molecule has 0 N–H and O–H groups in total. The Morgan fingerprint density at radius 3 is 2.47 bits per heavy atom. The number of nitrogens with zero attached hydrogens (tertiary/aromatic N) is 2. The van der Waals surface area contributed by atoms with E-state index in [4.69, 9.17) is 0 Å². The SMILES string of the molecule is CCN(CC)CCCSc1ccncc1. The molecule has 3 heteroatoms. The van der Waals surface area contributed by atoms with E-state index in [-0.39, 0.29) is 0 Å². The minimum absolute atomic E-state index is 1.16. The van der Waals surface area contributed by atoms with E-state index >= 15 is 0 Å². The van der Waals surface area contributed by atoms with Gasteiger partial charge in [-0.15, -0.1) is 11.8 Å². The molecule has 0 saturated heterocycles. The molecular formula is C12H20N2S. The van der Waals surface area contributed by atoms with E-state index in [2.05, 4.69) is 35.9 Å². The molecule has 0 radical (unpaired) electrons. The highest BCUT2D eigenvalue weighted by Gasteiger charge is 1.98. The predicted molar refractivity (Wildman–Crippen MR) is 67.4 cm³/mol. The lowest BCUT2D eigenvalue weighted by Gasteiger charge is -2.17. The van der Waals surface area contributed by atoms with Gasteiger partial charge in [0.1, 0.15) is 0 Å². The van der Waals surface area contributed by atoms with E-state index in [1.165, 1.54) is 23.6 Å². The summed E-state index contributed by atoms with van der Waals surface area (Å²) in [6, 6.07) is 4.14. The summed E-state index contributed by atoms with van der Waals surface area (Å²) in [5.74, 6) is 1.19. The van der Waals surface area contributed by atoms with Gasteiger partial charge in [0, 0.05) is 17.3 Å². The molecule has 0 aliphatic carbocycles. The summed E-state index contributed by atoms with van der Waals surface area (Å²) in [5.41, 5.74) is 0. The Hall–Kier alpha value is -0.540. The van der Waals surface area contributed by atoms with Crippen LogP contribution in [0.4, 0.5) is 0 Å². The third kappa shape index (κ3) is 5.19. The maximum absolute atomic E-state index is 4.01. The van der Waals surface area contributed by atoms with Gasteiger partial charge in [0.25, 0.3) is 0 Å². The van der Waals surface area contributed by atoms with Crippen LogP contribution < -0.4 is 0 Å². The molecular weight excluding hydrogens is 204 g/mol. The Bertz CT molecular complexity index is 247. The maximum atomic E-state index is 4.01. The Morgan fingerprint density at radius 1 is 1.20 bits per heavy atom. The minimum atomic E-state index is 1.16. The second-order valence-corrected chi connectivity index (χ2v) is 4.58. The quantitative estimate of drug-likeness (QED) is 0.523. The average Bonchev–Trinajstić information content (AvgIpc) is 2.31. The van der Waals surface area contributed by atoms with Crippen LogP contribution in [-0.4, -0.2) is 35.3 Å². The van der Waals surface area contributed by atoms with Gasteiger partial charge in [0.2, 0.25) is 0 Å². The lowest BCUT2D eigenvalue weighted by Crippen LogP contribution is -2.24. The topological polar surface area (TPSA) is 16.1 Å². The van der Waals surface area contributed by atoms with E-state index in [1.54, 1.807) is 0 Å². The number of hydrogen-bond donors (Lipinski definition) is 0. The van der Waals surface area contributed by atoms with Gasteiger partial charge in [0.05, 0.1) is 0 Å². The summed E-state index contributed by atoms with van der Waals surface area (Å²) in [4.78, 5) is 7.80.